The first-order valence-electron chi connectivity index (χ1n) is 7.04. The number of carbonyl (C=O) groups is 1. The molecular formula is C15H21ClN2O2. The number of ether oxygens (including phenoxy) is 1. The van der Waals surface area contributed by atoms with Crippen LogP contribution in [0.2, 0.25) is 5.02 Å². The minimum absolute atomic E-state index is 0.00755. The Hall–Kier alpha value is -1.26. The number of carbonyl (C=O) groups excluding carboxylic acids is 1. The molecule has 1 amide bonds. The van der Waals surface area contributed by atoms with Crippen LogP contribution in [-0.2, 0) is 0 Å². The van der Waals surface area contributed by atoms with Gasteiger partial charge in [0.2, 0.25) is 0 Å². The van der Waals surface area contributed by atoms with E-state index >= 15 is 0 Å². The van der Waals surface area contributed by atoms with Crippen molar-refractivity contribution >= 4 is 17.5 Å². The van der Waals surface area contributed by atoms with Crippen molar-refractivity contribution in [3.8, 4) is 5.75 Å². The van der Waals surface area contributed by atoms with E-state index in [1.54, 1.807) is 18.2 Å². The number of benzene rings is 1. The molecular weight excluding hydrogens is 276 g/mol. The average molecular weight is 297 g/mol. The highest BCUT2D eigenvalue weighted by atomic mass is 35.5. The molecule has 0 atom stereocenters. The fourth-order valence-electron chi connectivity index (χ4n) is 2.25. The molecule has 0 spiro atoms. The van der Waals surface area contributed by atoms with E-state index in [0.717, 1.165) is 26.1 Å². The van der Waals surface area contributed by atoms with Gasteiger partial charge < -0.3 is 15.0 Å². The summed E-state index contributed by atoms with van der Waals surface area (Å²) < 4.78 is 5.72. The maximum absolute atomic E-state index is 12.7. The van der Waals surface area contributed by atoms with E-state index in [1.165, 1.54) is 0 Å². The Morgan fingerprint density at radius 3 is 2.90 bits per heavy atom. The van der Waals surface area contributed by atoms with Crippen molar-refractivity contribution in [3.63, 3.8) is 0 Å². The van der Waals surface area contributed by atoms with Crippen LogP contribution < -0.4 is 10.1 Å². The summed E-state index contributed by atoms with van der Waals surface area (Å²) in [5.74, 6) is 0.596. The van der Waals surface area contributed by atoms with Crippen LogP contribution in [0.4, 0.5) is 0 Å². The summed E-state index contributed by atoms with van der Waals surface area (Å²) in [4.78, 5) is 14.5. The topological polar surface area (TPSA) is 41.6 Å². The number of halogens is 1. The van der Waals surface area contributed by atoms with Crippen LogP contribution in [0, 0.1) is 0 Å². The molecule has 1 aliphatic heterocycles. The summed E-state index contributed by atoms with van der Waals surface area (Å²) >= 11 is 6.03. The van der Waals surface area contributed by atoms with Gasteiger partial charge in [-0.05, 0) is 45.0 Å². The van der Waals surface area contributed by atoms with Crippen molar-refractivity contribution in [1.82, 2.24) is 10.2 Å². The SMILES string of the molecule is CC(C)Oc1ccc(Cl)cc1C(=O)N1CCCNCC1. The molecule has 0 bridgehead atoms. The Morgan fingerprint density at radius 1 is 1.35 bits per heavy atom. The smallest absolute Gasteiger partial charge is 0.257 e. The quantitative estimate of drug-likeness (QED) is 0.932. The molecule has 1 aromatic carbocycles. The minimum atomic E-state index is -0.00755. The predicted molar refractivity (Wildman–Crippen MR) is 80.6 cm³/mol. The molecule has 0 saturated carbocycles. The third-order valence-electron chi connectivity index (χ3n) is 3.16. The Labute approximate surface area is 125 Å². The summed E-state index contributed by atoms with van der Waals surface area (Å²) in [6, 6.07) is 5.21. The fraction of sp³-hybridized carbons (Fsp3) is 0.533. The molecule has 0 aromatic heterocycles. The van der Waals surface area contributed by atoms with Crippen molar-refractivity contribution < 1.29 is 9.53 Å². The Bertz CT molecular complexity index is 469. The number of rotatable bonds is 3. The van der Waals surface area contributed by atoms with Crippen molar-refractivity contribution in [2.75, 3.05) is 26.2 Å². The molecule has 1 heterocycles. The van der Waals surface area contributed by atoms with Crippen LogP contribution in [0.5, 0.6) is 5.75 Å². The summed E-state index contributed by atoms with van der Waals surface area (Å²) in [5.41, 5.74) is 0.549. The van der Waals surface area contributed by atoms with E-state index in [0.29, 0.717) is 22.9 Å². The van der Waals surface area contributed by atoms with Gasteiger partial charge in [0.25, 0.3) is 5.91 Å². The molecule has 1 saturated heterocycles. The van der Waals surface area contributed by atoms with E-state index in [-0.39, 0.29) is 12.0 Å². The Kier molecular flexibility index (Phi) is 5.26. The van der Waals surface area contributed by atoms with Crippen molar-refractivity contribution in [2.45, 2.75) is 26.4 Å². The zero-order valence-electron chi connectivity index (χ0n) is 12.0. The van der Waals surface area contributed by atoms with Crippen molar-refractivity contribution in [1.29, 1.82) is 0 Å². The molecule has 1 aliphatic rings. The van der Waals surface area contributed by atoms with E-state index < -0.39 is 0 Å². The van der Waals surface area contributed by atoms with Crippen LogP contribution in [0.3, 0.4) is 0 Å². The lowest BCUT2D eigenvalue weighted by Gasteiger charge is -2.22. The fourth-order valence-corrected chi connectivity index (χ4v) is 2.42. The monoisotopic (exact) mass is 296 g/mol. The maximum Gasteiger partial charge on any atom is 0.257 e. The van der Waals surface area contributed by atoms with Crippen LogP contribution in [0.25, 0.3) is 0 Å². The molecule has 0 unspecified atom stereocenters. The third-order valence-corrected chi connectivity index (χ3v) is 3.40. The van der Waals surface area contributed by atoms with Gasteiger partial charge in [0, 0.05) is 24.7 Å². The minimum Gasteiger partial charge on any atom is -0.490 e. The number of nitrogens with zero attached hydrogens (tertiary/aromatic N) is 1. The molecule has 0 aliphatic carbocycles. The molecule has 0 radical (unpaired) electrons. The lowest BCUT2D eigenvalue weighted by Crippen LogP contribution is -2.34. The average Bonchev–Trinajstić information content (AvgIpc) is 2.68. The zero-order valence-corrected chi connectivity index (χ0v) is 12.7. The summed E-state index contributed by atoms with van der Waals surface area (Å²) in [6.07, 6.45) is 0.987. The van der Waals surface area contributed by atoms with Gasteiger partial charge in [0.15, 0.2) is 0 Å². The molecule has 1 N–H and O–H groups in total. The number of hydrogen-bond acceptors (Lipinski definition) is 3. The van der Waals surface area contributed by atoms with Crippen molar-refractivity contribution in [3.05, 3.63) is 28.8 Å². The molecule has 1 fully saturated rings. The highest BCUT2D eigenvalue weighted by Crippen LogP contribution is 2.25. The van der Waals surface area contributed by atoms with Gasteiger partial charge in [-0.25, -0.2) is 0 Å². The zero-order chi connectivity index (χ0) is 14.5. The number of amides is 1. The van der Waals surface area contributed by atoms with E-state index in [2.05, 4.69) is 5.32 Å². The van der Waals surface area contributed by atoms with E-state index in [4.69, 9.17) is 16.3 Å². The summed E-state index contributed by atoms with van der Waals surface area (Å²) in [5, 5.41) is 3.84. The molecule has 110 valence electrons. The standard InChI is InChI=1S/C15H21ClN2O2/c1-11(2)20-14-5-4-12(16)10-13(14)15(19)18-8-3-6-17-7-9-18/h4-5,10-11,17H,3,6-9H2,1-2H3. The van der Waals surface area contributed by atoms with Crippen molar-refractivity contribution in [2.24, 2.45) is 0 Å². The van der Waals surface area contributed by atoms with Gasteiger partial charge >= 0.3 is 0 Å². The van der Waals surface area contributed by atoms with Gasteiger partial charge in [0.05, 0.1) is 11.7 Å². The lowest BCUT2D eigenvalue weighted by atomic mass is 10.1. The van der Waals surface area contributed by atoms with Gasteiger partial charge in [-0.1, -0.05) is 11.6 Å². The second-order valence-electron chi connectivity index (χ2n) is 5.20. The van der Waals surface area contributed by atoms with Crippen LogP contribution in [-0.4, -0.2) is 43.1 Å². The van der Waals surface area contributed by atoms with Gasteiger partial charge in [-0.15, -0.1) is 0 Å². The predicted octanol–water partition coefficient (Wildman–Crippen LogP) is 2.56. The largest absolute Gasteiger partial charge is 0.490 e. The lowest BCUT2D eigenvalue weighted by molar-refractivity contribution is 0.0760. The van der Waals surface area contributed by atoms with E-state index in [9.17, 15) is 4.79 Å². The highest BCUT2D eigenvalue weighted by Gasteiger charge is 2.21. The first-order chi connectivity index (χ1) is 9.58. The summed E-state index contributed by atoms with van der Waals surface area (Å²) in [7, 11) is 0. The number of hydrogen-bond donors (Lipinski definition) is 1. The second kappa shape index (κ2) is 6.95. The number of nitrogens with one attached hydrogen (secondary N) is 1. The van der Waals surface area contributed by atoms with Crippen LogP contribution in [0.1, 0.15) is 30.6 Å². The van der Waals surface area contributed by atoms with Crippen LogP contribution in [0.15, 0.2) is 18.2 Å². The summed E-state index contributed by atoms with van der Waals surface area (Å²) in [6.45, 7) is 7.14. The van der Waals surface area contributed by atoms with Gasteiger partial charge in [-0.2, -0.15) is 0 Å². The molecule has 2 rings (SSSR count). The molecule has 1 aromatic rings. The highest BCUT2D eigenvalue weighted by molar-refractivity contribution is 6.31. The van der Waals surface area contributed by atoms with Crippen LogP contribution >= 0.6 is 11.6 Å². The first kappa shape index (κ1) is 15.1. The normalized spacial score (nSPS) is 16.1. The third kappa shape index (κ3) is 3.87. The Morgan fingerprint density at radius 2 is 2.15 bits per heavy atom. The van der Waals surface area contributed by atoms with E-state index in [1.807, 2.05) is 18.7 Å². The van der Waals surface area contributed by atoms with Gasteiger partial charge in [-0.3, -0.25) is 4.79 Å². The molecule has 5 heteroatoms. The first-order valence-corrected chi connectivity index (χ1v) is 7.42. The van der Waals surface area contributed by atoms with Gasteiger partial charge in [0.1, 0.15) is 5.75 Å². The molecule has 4 nitrogen and oxygen atoms in total. The maximum atomic E-state index is 12.7. The Balaban J connectivity index is 2.24. The second-order valence-corrected chi connectivity index (χ2v) is 5.64. The molecule has 20 heavy (non-hydrogen) atoms.